The number of fused-ring (bicyclic) bond motifs is 3. The number of benzene rings is 2. The Morgan fingerprint density at radius 3 is 2.48 bits per heavy atom. The summed E-state index contributed by atoms with van der Waals surface area (Å²) < 4.78 is 10.7. The fourth-order valence-corrected chi connectivity index (χ4v) is 4.06. The minimum atomic E-state index is -0.757. The Labute approximate surface area is 191 Å². The molecule has 4 N–H and O–H groups in total. The second kappa shape index (κ2) is 9.99. The topological polar surface area (TPSA) is 117 Å². The largest absolute Gasteiger partial charge is 0.507 e. The Kier molecular flexibility index (Phi) is 6.88. The van der Waals surface area contributed by atoms with E-state index in [1.807, 2.05) is 36.4 Å². The van der Waals surface area contributed by atoms with Gasteiger partial charge in [-0.2, -0.15) is 0 Å². The Morgan fingerprint density at radius 2 is 1.79 bits per heavy atom. The second-order valence-electron chi connectivity index (χ2n) is 8.00. The molecule has 33 heavy (non-hydrogen) atoms. The first-order valence-electron chi connectivity index (χ1n) is 10.8. The van der Waals surface area contributed by atoms with Crippen LogP contribution in [0, 0.1) is 0 Å². The number of hydrogen-bond donors (Lipinski definition) is 4. The summed E-state index contributed by atoms with van der Waals surface area (Å²) in [5.41, 5.74) is 1.96. The molecular formula is C25H27N3O5. The predicted octanol–water partition coefficient (Wildman–Crippen LogP) is 3.47. The lowest BCUT2D eigenvalue weighted by Crippen LogP contribution is -2.34. The number of rotatable bonds is 9. The number of nitrogens with one attached hydrogen (secondary N) is 2. The summed E-state index contributed by atoms with van der Waals surface area (Å²) in [6, 6.07) is 10.9. The van der Waals surface area contributed by atoms with Crippen molar-refractivity contribution >= 4 is 27.7 Å². The van der Waals surface area contributed by atoms with Gasteiger partial charge in [-0.25, -0.2) is 4.79 Å². The van der Waals surface area contributed by atoms with E-state index in [0.29, 0.717) is 46.4 Å². The number of aromatic nitrogens is 1. The SMILES string of the molecule is CC(C)NCCNC(c1ccncc1)c1c(O)c2ccccc2c2occ(C(=O)OCO)c12. The van der Waals surface area contributed by atoms with Crippen LogP contribution in [-0.4, -0.2) is 47.1 Å². The number of carbonyl (C=O) groups is 1. The molecule has 2 heterocycles. The van der Waals surface area contributed by atoms with Gasteiger partial charge in [-0.3, -0.25) is 4.98 Å². The van der Waals surface area contributed by atoms with Gasteiger partial charge in [0.15, 0.2) is 6.79 Å². The van der Waals surface area contributed by atoms with Gasteiger partial charge in [0.2, 0.25) is 0 Å². The van der Waals surface area contributed by atoms with Crippen molar-refractivity contribution in [1.82, 2.24) is 15.6 Å². The van der Waals surface area contributed by atoms with Crippen molar-refractivity contribution in [3.8, 4) is 5.75 Å². The van der Waals surface area contributed by atoms with Crippen LogP contribution in [0.1, 0.15) is 41.4 Å². The van der Waals surface area contributed by atoms with Crippen LogP contribution in [-0.2, 0) is 4.74 Å². The number of nitrogens with zero attached hydrogens (tertiary/aromatic N) is 1. The number of furan rings is 1. The molecule has 1 unspecified atom stereocenters. The smallest absolute Gasteiger partial charge is 0.344 e. The number of aromatic hydroxyl groups is 1. The number of phenolic OH excluding ortho intramolecular Hbond substituents is 1. The fraction of sp³-hybridized carbons (Fsp3) is 0.280. The highest BCUT2D eigenvalue weighted by Crippen LogP contribution is 2.44. The first-order chi connectivity index (χ1) is 16.0. The van der Waals surface area contributed by atoms with E-state index in [4.69, 9.17) is 14.3 Å². The summed E-state index contributed by atoms with van der Waals surface area (Å²) in [6.45, 7) is 4.70. The normalized spacial score (nSPS) is 12.5. The van der Waals surface area contributed by atoms with E-state index >= 15 is 0 Å². The molecule has 2 aromatic heterocycles. The maximum absolute atomic E-state index is 12.6. The molecule has 172 valence electrons. The molecule has 8 nitrogen and oxygen atoms in total. The predicted molar refractivity (Wildman–Crippen MR) is 125 cm³/mol. The van der Waals surface area contributed by atoms with Gasteiger partial charge < -0.3 is 30.0 Å². The zero-order valence-electron chi connectivity index (χ0n) is 18.5. The van der Waals surface area contributed by atoms with Crippen molar-refractivity contribution in [2.45, 2.75) is 25.9 Å². The molecule has 2 aromatic carbocycles. The maximum Gasteiger partial charge on any atom is 0.344 e. The molecule has 0 aliphatic rings. The summed E-state index contributed by atoms with van der Waals surface area (Å²) in [6.07, 6.45) is 4.67. The van der Waals surface area contributed by atoms with Crippen LogP contribution in [0.2, 0.25) is 0 Å². The van der Waals surface area contributed by atoms with Gasteiger partial charge in [0.25, 0.3) is 0 Å². The molecule has 0 saturated heterocycles. The highest BCUT2D eigenvalue weighted by Gasteiger charge is 2.29. The fourth-order valence-electron chi connectivity index (χ4n) is 4.06. The number of aliphatic hydroxyl groups excluding tert-OH is 1. The van der Waals surface area contributed by atoms with Crippen LogP contribution < -0.4 is 10.6 Å². The van der Waals surface area contributed by atoms with Crippen LogP contribution >= 0.6 is 0 Å². The molecule has 0 bridgehead atoms. The van der Waals surface area contributed by atoms with Gasteiger partial charge >= 0.3 is 5.97 Å². The molecule has 0 amide bonds. The van der Waals surface area contributed by atoms with E-state index < -0.39 is 18.8 Å². The number of pyridine rings is 1. The van der Waals surface area contributed by atoms with Gasteiger partial charge in [0, 0.05) is 53.2 Å². The van der Waals surface area contributed by atoms with E-state index in [9.17, 15) is 9.90 Å². The molecule has 1 atom stereocenters. The second-order valence-corrected chi connectivity index (χ2v) is 8.00. The van der Waals surface area contributed by atoms with Crippen LogP contribution in [0.4, 0.5) is 0 Å². The molecule has 4 aromatic rings. The van der Waals surface area contributed by atoms with Crippen LogP contribution in [0.25, 0.3) is 21.7 Å². The number of aliphatic hydroxyl groups is 1. The Balaban J connectivity index is 1.95. The first kappa shape index (κ1) is 22.7. The minimum Gasteiger partial charge on any atom is -0.507 e. The quantitative estimate of drug-likeness (QED) is 0.174. The van der Waals surface area contributed by atoms with Gasteiger partial charge in [-0.1, -0.05) is 38.1 Å². The number of ether oxygens (including phenoxy) is 1. The van der Waals surface area contributed by atoms with Crippen molar-refractivity contribution in [2.75, 3.05) is 19.9 Å². The molecule has 0 saturated carbocycles. The maximum atomic E-state index is 12.6. The summed E-state index contributed by atoms with van der Waals surface area (Å²) in [7, 11) is 0. The zero-order chi connectivity index (χ0) is 23.4. The van der Waals surface area contributed by atoms with Crippen LogP contribution in [0.3, 0.4) is 0 Å². The van der Waals surface area contributed by atoms with E-state index in [1.165, 1.54) is 6.26 Å². The van der Waals surface area contributed by atoms with E-state index in [0.717, 1.165) is 5.56 Å². The molecular weight excluding hydrogens is 422 g/mol. The third-order valence-electron chi connectivity index (χ3n) is 5.51. The third kappa shape index (κ3) is 4.54. The zero-order valence-corrected chi connectivity index (χ0v) is 18.5. The third-order valence-corrected chi connectivity index (χ3v) is 5.51. The van der Waals surface area contributed by atoms with Gasteiger partial charge in [-0.05, 0) is 17.7 Å². The minimum absolute atomic E-state index is 0.0451. The summed E-state index contributed by atoms with van der Waals surface area (Å²) in [5.74, 6) is -0.689. The van der Waals surface area contributed by atoms with Crippen molar-refractivity contribution in [3.05, 3.63) is 71.7 Å². The Bertz CT molecular complexity index is 1250. The number of esters is 1. The van der Waals surface area contributed by atoms with Gasteiger partial charge in [-0.15, -0.1) is 0 Å². The summed E-state index contributed by atoms with van der Waals surface area (Å²) in [4.78, 5) is 16.8. The lowest BCUT2D eigenvalue weighted by atomic mass is 9.90. The number of phenols is 1. The van der Waals surface area contributed by atoms with Crippen LogP contribution in [0.5, 0.6) is 5.75 Å². The van der Waals surface area contributed by atoms with Crippen LogP contribution in [0.15, 0.2) is 59.5 Å². The molecule has 0 spiro atoms. The average molecular weight is 450 g/mol. The number of carbonyl (C=O) groups excluding carboxylic acids is 1. The Morgan fingerprint density at radius 1 is 1.09 bits per heavy atom. The van der Waals surface area contributed by atoms with Crippen molar-refractivity contribution in [1.29, 1.82) is 0 Å². The number of hydrogen-bond acceptors (Lipinski definition) is 8. The summed E-state index contributed by atoms with van der Waals surface area (Å²) >= 11 is 0. The van der Waals surface area contributed by atoms with E-state index in [-0.39, 0.29) is 11.3 Å². The van der Waals surface area contributed by atoms with E-state index in [1.54, 1.807) is 12.4 Å². The first-order valence-corrected chi connectivity index (χ1v) is 10.8. The molecule has 0 aliphatic carbocycles. The molecule has 4 rings (SSSR count). The molecule has 8 heteroatoms. The monoisotopic (exact) mass is 449 g/mol. The molecule has 0 fully saturated rings. The van der Waals surface area contributed by atoms with Gasteiger partial charge in [0.1, 0.15) is 23.2 Å². The standard InChI is InChI=1S/C25H27N3O5/c1-15(2)27-11-12-28-22(16-7-9-26-10-8-16)21-20-19(25(31)33-14-29)13-32-24(20)18-6-4-3-5-17(18)23(21)30/h3-10,13,15,22,27-30H,11-12,14H2,1-2H3. The average Bonchev–Trinajstić information content (AvgIpc) is 3.26. The highest BCUT2D eigenvalue weighted by atomic mass is 16.6. The van der Waals surface area contributed by atoms with Crippen molar-refractivity contribution in [2.24, 2.45) is 0 Å². The molecule has 0 radical (unpaired) electrons. The lowest BCUT2D eigenvalue weighted by molar-refractivity contribution is 0.00695. The van der Waals surface area contributed by atoms with Gasteiger partial charge in [0.05, 0.1) is 6.04 Å². The summed E-state index contributed by atoms with van der Waals surface area (Å²) in [5, 5.41) is 29.2. The Hall–Kier alpha value is -3.46. The molecule has 0 aliphatic heterocycles. The lowest BCUT2D eigenvalue weighted by Gasteiger charge is -2.23. The van der Waals surface area contributed by atoms with Crippen molar-refractivity contribution in [3.63, 3.8) is 0 Å². The van der Waals surface area contributed by atoms with Crippen molar-refractivity contribution < 1.29 is 24.2 Å². The van der Waals surface area contributed by atoms with E-state index in [2.05, 4.69) is 29.5 Å². The highest BCUT2D eigenvalue weighted by molar-refractivity contribution is 6.16.